The Balaban J connectivity index is 2.54. The number of hydrogen-bond acceptors (Lipinski definition) is 5. The Kier molecular flexibility index (Phi) is 2.91. The van der Waals surface area contributed by atoms with E-state index in [0.29, 0.717) is 13.0 Å². The van der Waals surface area contributed by atoms with Gasteiger partial charge in [-0.05, 0) is 18.3 Å². The summed E-state index contributed by atoms with van der Waals surface area (Å²) in [7, 11) is 0. The molecule has 0 saturated carbocycles. The molecule has 0 aliphatic rings. The fraction of sp³-hybridized carbons (Fsp3) is 0.667. The minimum absolute atomic E-state index is 0.273. The van der Waals surface area contributed by atoms with E-state index in [1.807, 2.05) is 0 Å². The average Bonchev–Trinajstić information content (AvgIpc) is 2.48. The van der Waals surface area contributed by atoms with Gasteiger partial charge in [0.2, 0.25) is 0 Å². The number of aromatic nitrogens is 3. The SMILES string of the molecule is CC(O)CCn1ncc([N+](=O)[O-])n1. The number of nitro groups is 1. The van der Waals surface area contributed by atoms with Crippen LogP contribution in [0.1, 0.15) is 13.3 Å². The van der Waals surface area contributed by atoms with E-state index >= 15 is 0 Å². The Morgan fingerprint density at radius 2 is 2.54 bits per heavy atom. The van der Waals surface area contributed by atoms with Crippen molar-refractivity contribution in [1.82, 2.24) is 15.0 Å². The molecule has 0 amide bonds. The zero-order chi connectivity index (χ0) is 9.84. The van der Waals surface area contributed by atoms with Gasteiger partial charge >= 0.3 is 5.82 Å². The van der Waals surface area contributed by atoms with Gasteiger partial charge in [-0.15, -0.1) is 5.10 Å². The monoisotopic (exact) mass is 186 g/mol. The summed E-state index contributed by atoms with van der Waals surface area (Å²) >= 11 is 0. The maximum absolute atomic E-state index is 10.2. The lowest BCUT2D eigenvalue weighted by Gasteiger charge is -1.98. The Hall–Kier alpha value is -1.50. The molecule has 72 valence electrons. The quantitative estimate of drug-likeness (QED) is 0.525. The second-order valence-corrected chi connectivity index (χ2v) is 2.69. The smallest absolute Gasteiger partial charge is 0.393 e. The van der Waals surface area contributed by atoms with Crippen molar-refractivity contribution in [3.63, 3.8) is 0 Å². The first-order valence-corrected chi connectivity index (χ1v) is 3.82. The standard InChI is InChI=1S/C6H10N4O3/c1-5(11)2-3-9-7-4-6(8-9)10(12)13/h4-5,11H,2-3H2,1H3. The van der Waals surface area contributed by atoms with Gasteiger partial charge < -0.3 is 15.2 Å². The molecule has 0 aromatic carbocycles. The molecule has 7 heteroatoms. The van der Waals surface area contributed by atoms with Gasteiger partial charge in [-0.1, -0.05) is 4.80 Å². The predicted molar refractivity (Wildman–Crippen MR) is 43.0 cm³/mol. The number of rotatable bonds is 4. The summed E-state index contributed by atoms with van der Waals surface area (Å²) in [5.74, 6) is -0.273. The van der Waals surface area contributed by atoms with Crippen molar-refractivity contribution in [2.45, 2.75) is 26.0 Å². The lowest BCUT2D eigenvalue weighted by molar-refractivity contribution is -0.389. The van der Waals surface area contributed by atoms with Gasteiger partial charge in [0.25, 0.3) is 0 Å². The topological polar surface area (TPSA) is 94.1 Å². The van der Waals surface area contributed by atoms with Crippen LogP contribution in [0.3, 0.4) is 0 Å². The highest BCUT2D eigenvalue weighted by atomic mass is 16.6. The highest BCUT2D eigenvalue weighted by Crippen LogP contribution is 2.02. The van der Waals surface area contributed by atoms with Crippen LogP contribution in [0.5, 0.6) is 0 Å². The van der Waals surface area contributed by atoms with Gasteiger partial charge in [-0.2, -0.15) is 0 Å². The fourth-order valence-electron chi connectivity index (χ4n) is 0.782. The van der Waals surface area contributed by atoms with Crippen molar-refractivity contribution in [3.05, 3.63) is 16.3 Å². The molecule has 0 bridgehead atoms. The molecule has 1 atom stereocenters. The molecule has 1 aromatic heterocycles. The van der Waals surface area contributed by atoms with Crippen molar-refractivity contribution in [3.8, 4) is 0 Å². The third kappa shape index (κ3) is 2.79. The molecule has 1 N–H and O–H groups in total. The Morgan fingerprint density at radius 3 is 3.00 bits per heavy atom. The molecule has 1 rings (SSSR count). The van der Waals surface area contributed by atoms with Gasteiger partial charge in [0.15, 0.2) is 6.20 Å². The third-order valence-electron chi connectivity index (χ3n) is 1.46. The summed E-state index contributed by atoms with van der Waals surface area (Å²) in [5.41, 5.74) is 0. The fourth-order valence-corrected chi connectivity index (χ4v) is 0.782. The molecule has 7 nitrogen and oxygen atoms in total. The van der Waals surface area contributed by atoms with E-state index in [9.17, 15) is 10.1 Å². The first-order chi connectivity index (χ1) is 6.09. The van der Waals surface area contributed by atoms with E-state index in [0.717, 1.165) is 6.20 Å². The Morgan fingerprint density at radius 1 is 1.85 bits per heavy atom. The molecule has 0 saturated heterocycles. The molecule has 0 fully saturated rings. The van der Waals surface area contributed by atoms with E-state index in [1.54, 1.807) is 6.92 Å². The van der Waals surface area contributed by atoms with Crippen molar-refractivity contribution < 1.29 is 10.0 Å². The molecular weight excluding hydrogens is 176 g/mol. The van der Waals surface area contributed by atoms with Crippen LogP contribution in [0.25, 0.3) is 0 Å². The molecular formula is C6H10N4O3. The number of aliphatic hydroxyl groups excluding tert-OH is 1. The van der Waals surface area contributed by atoms with E-state index in [-0.39, 0.29) is 5.82 Å². The first kappa shape index (κ1) is 9.59. The van der Waals surface area contributed by atoms with Crippen LogP contribution in [-0.2, 0) is 6.54 Å². The molecule has 0 aliphatic carbocycles. The van der Waals surface area contributed by atoms with E-state index in [1.165, 1.54) is 4.80 Å². The van der Waals surface area contributed by atoms with Gasteiger partial charge in [0.1, 0.15) is 0 Å². The minimum Gasteiger partial charge on any atom is -0.393 e. The minimum atomic E-state index is -0.605. The average molecular weight is 186 g/mol. The second kappa shape index (κ2) is 3.94. The van der Waals surface area contributed by atoms with Crippen LogP contribution in [0, 0.1) is 10.1 Å². The first-order valence-electron chi connectivity index (χ1n) is 3.82. The van der Waals surface area contributed by atoms with E-state index < -0.39 is 11.0 Å². The molecule has 0 spiro atoms. The zero-order valence-corrected chi connectivity index (χ0v) is 7.12. The van der Waals surface area contributed by atoms with Crippen LogP contribution in [0.15, 0.2) is 6.20 Å². The number of aryl methyl sites for hydroxylation is 1. The lowest BCUT2D eigenvalue weighted by Crippen LogP contribution is -2.09. The summed E-state index contributed by atoms with van der Waals surface area (Å²) in [5, 5.41) is 26.4. The maximum Gasteiger partial charge on any atom is 0.410 e. The normalized spacial score (nSPS) is 12.8. The van der Waals surface area contributed by atoms with E-state index in [2.05, 4.69) is 10.2 Å². The Bertz CT molecular complexity index is 296. The summed E-state index contributed by atoms with van der Waals surface area (Å²) in [4.78, 5) is 10.8. The zero-order valence-electron chi connectivity index (χ0n) is 7.12. The van der Waals surface area contributed by atoms with Crippen LogP contribution < -0.4 is 0 Å². The van der Waals surface area contributed by atoms with Gasteiger partial charge in [0.05, 0.1) is 17.7 Å². The van der Waals surface area contributed by atoms with Crippen molar-refractivity contribution in [1.29, 1.82) is 0 Å². The molecule has 0 aliphatic heterocycles. The van der Waals surface area contributed by atoms with E-state index in [4.69, 9.17) is 5.11 Å². The van der Waals surface area contributed by atoms with Crippen molar-refractivity contribution in [2.75, 3.05) is 0 Å². The summed E-state index contributed by atoms with van der Waals surface area (Å²) in [6.07, 6.45) is 1.11. The summed E-state index contributed by atoms with van der Waals surface area (Å²) in [6.45, 7) is 2.02. The van der Waals surface area contributed by atoms with Crippen molar-refractivity contribution in [2.24, 2.45) is 0 Å². The van der Waals surface area contributed by atoms with Crippen LogP contribution >= 0.6 is 0 Å². The molecule has 1 unspecified atom stereocenters. The van der Waals surface area contributed by atoms with Gasteiger partial charge in [-0.3, -0.25) is 0 Å². The van der Waals surface area contributed by atoms with Crippen molar-refractivity contribution >= 4 is 5.82 Å². The molecule has 1 aromatic rings. The highest BCUT2D eigenvalue weighted by molar-refractivity contribution is 5.07. The van der Waals surface area contributed by atoms with Crippen LogP contribution in [-0.4, -0.2) is 31.1 Å². The predicted octanol–water partition coefficient (Wildman–Crippen LogP) is -0.0428. The largest absolute Gasteiger partial charge is 0.410 e. The lowest BCUT2D eigenvalue weighted by atomic mass is 10.3. The van der Waals surface area contributed by atoms with Crippen LogP contribution in [0.4, 0.5) is 5.82 Å². The highest BCUT2D eigenvalue weighted by Gasteiger charge is 2.12. The van der Waals surface area contributed by atoms with Gasteiger partial charge in [-0.25, -0.2) is 0 Å². The third-order valence-corrected chi connectivity index (χ3v) is 1.46. The van der Waals surface area contributed by atoms with Gasteiger partial charge in [0, 0.05) is 0 Å². The molecule has 13 heavy (non-hydrogen) atoms. The maximum atomic E-state index is 10.2. The van der Waals surface area contributed by atoms with Crippen LogP contribution in [0.2, 0.25) is 0 Å². The number of nitrogens with zero attached hydrogens (tertiary/aromatic N) is 4. The number of aliphatic hydroxyl groups is 1. The molecule has 0 radical (unpaired) electrons. The number of hydrogen-bond donors (Lipinski definition) is 1. The summed E-state index contributed by atoms with van der Waals surface area (Å²) in [6, 6.07) is 0. The second-order valence-electron chi connectivity index (χ2n) is 2.69. The molecule has 1 heterocycles. The Labute approximate surface area is 74.1 Å². The summed E-state index contributed by atoms with van der Waals surface area (Å²) < 4.78 is 0.